The Morgan fingerprint density at radius 3 is 2.43 bits per heavy atom. The number of hydrogen-bond donors (Lipinski definition) is 1. The van der Waals surface area contributed by atoms with Gasteiger partial charge in [0.25, 0.3) is 0 Å². The smallest absolute Gasteiger partial charge is 0.410 e. The maximum Gasteiger partial charge on any atom is 0.410 e. The van der Waals surface area contributed by atoms with Gasteiger partial charge < -0.3 is 15.4 Å². The van der Waals surface area contributed by atoms with Gasteiger partial charge in [-0.2, -0.15) is 0 Å². The molecule has 2 aliphatic rings. The van der Waals surface area contributed by atoms with Crippen LogP contribution in [0.1, 0.15) is 26.3 Å². The van der Waals surface area contributed by atoms with Crippen molar-refractivity contribution < 1.29 is 9.53 Å². The molecule has 2 N–H and O–H groups in total. The molecule has 2 aliphatic heterocycles. The second kappa shape index (κ2) is 6.00. The van der Waals surface area contributed by atoms with Crippen molar-refractivity contribution in [1.29, 1.82) is 0 Å². The molecule has 0 aliphatic carbocycles. The Morgan fingerprint density at radius 2 is 1.91 bits per heavy atom. The molecule has 2 atom stereocenters. The van der Waals surface area contributed by atoms with Gasteiger partial charge in [0.15, 0.2) is 0 Å². The van der Waals surface area contributed by atoms with Crippen molar-refractivity contribution in [3.63, 3.8) is 0 Å². The molecule has 0 saturated carbocycles. The van der Waals surface area contributed by atoms with Gasteiger partial charge in [-0.15, -0.1) is 0 Å². The summed E-state index contributed by atoms with van der Waals surface area (Å²) in [5, 5.41) is 0. The van der Waals surface area contributed by atoms with Crippen LogP contribution in [0.2, 0.25) is 0 Å². The minimum atomic E-state index is -0.428. The predicted molar refractivity (Wildman–Crippen MR) is 88.7 cm³/mol. The normalized spacial score (nSPS) is 24.7. The fraction of sp³-hybridized carbons (Fsp3) is 0.647. The first-order chi connectivity index (χ1) is 10.8. The molecule has 1 amide bonds. The minimum Gasteiger partial charge on any atom is -0.444 e. The van der Waals surface area contributed by atoms with Crippen LogP contribution in [-0.2, 0) is 11.3 Å². The summed E-state index contributed by atoms with van der Waals surface area (Å²) in [7, 11) is 0. The molecule has 1 aromatic heterocycles. The molecule has 0 bridgehead atoms. The maximum atomic E-state index is 12.2. The SMILES string of the molecule is CC(C)(C)OC(=O)N1CC2CN(Cc3ccc(N)nc3)CC2C1. The lowest BCUT2D eigenvalue weighted by atomic mass is 10.0. The van der Waals surface area contributed by atoms with Gasteiger partial charge in [-0.25, -0.2) is 9.78 Å². The molecule has 2 unspecified atom stereocenters. The van der Waals surface area contributed by atoms with Crippen LogP contribution >= 0.6 is 0 Å². The number of nitrogen functional groups attached to an aromatic ring is 1. The molecule has 1 aromatic rings. The first-order valence-corrected chi connectivity index (χ1v) is 8.21. The number of anilines is 1. The summed E-state index contributed by atoms with van der Waals surface area (Å²) >= 11 is 0. The molecule has 0 radical (unpaired) electrons. The van der Waals surface area contributed by atoms with Gasteiger partial charge in [0, 0.05) is 38.9 Å². The van der Waals surface area contributed by atoms with Crippen LogP contribution in [0.5, 0.6) is 0 Å². The van der Waals surface area contributed by atoms with Gasteiger partial charge in [-0.05, 0) is 44.2 Å². The van der Waals surface area contributed by atoms with Gasteiger partial charge >= 0.3 is 6.09 Å². The van der Waals surface area contributed by atoms with Crippen molar-refractivity contribution in [3.05, 3.63) is 23.9 Å². The zero-order valence-corrected chi connectivity index (χ0v) is 14.2. The number of carbonyl (C=O) groups excluding carboxylic acids is 1. The second-order valence-electron chi connectivity index (χ2n) is 7.69. The topological polar surface area (TPSA) is 71.7 Å². The van der Waals surface area contributed by atoms with Crippen molar-refractivity contribution in [2.45, 2.75) is 32.9 Å². The van der Waals surface area contributed by atoms with E-state index < -0.39 is 5.60 Å². The fourth-order valence-corrected chi connectivity index (χ4v) is 3.48. The largest absolute Gasteiger partial charge is 0.444 e. The van der Waals surface area contributed by atoms with E-state index >= 15 is 0 Å². The Hall–Kier alpha value is -1.82. The van der Waals surface area contributed by atoms with Crippen molar-refractivity contribution in [2.24, 2.45) is 11.8 Å². The fourth-order valence-electron chi connectivity index (χ4n) is 3.48. The molecule has 0 aromatic carbocycles. The number of likely N-dealkylation sites (tertiary alicyclic amines) is 2. The van der Waals surface area contributed by atoms with Crippen LogP contribution in [-0.4, -0.2) is 52.7 Å². The number of aromatic nitrogens is 1. The first-order valence-electron chi connectivity index (χ1n) is 8.21. The molecular weight excluding hydrogens is 292 g/mol. The highest BCUT2D eigenvalue weighted by atomic mass is 16.6. The quantitative estimate of drug-likeness (QED) is 0.902. The number of amides is 1. The number of hydrogen-bond acceptors (Lipinski definition) is 5. The van der Waals surface area contributed by atoms with Gasteiger partial charge in [0.1, 0.15) is 11.4 Å². The average molecular weight is 318 g/mol. The highest BCUT2D eigenvalue weighted by molar-refractivity contribution is 5.68. The third-order valence-corrected chi connectivity index (χ3v) is 4.47. The van der Waals surface area contributed by atoms with Crippen LogP contribution in [0.3, 0.4) is 0 Å². The highest BCUT2D eigenvalue weighted by Crippen LogP contribution is 2.32. The molecule has 23 heavy (non-hydrogen) atoms. The highest BCUT2D eigenvalue weighted by Gasteiger charge is 2.42. The second-order valence-corrected chi connectivity index (χ2v) is 7.69. The van der Waals surface area contributed by atoms with Gasteiger partial charge in [-0.1, -0.05) is 6.07 Å². The van der Waals surface area contributed by atoms with Crippen molar-refractivity contribution >= 4 is 11.9 Å². The molecule has 6 heteroatoms. The number of fused-ring (bicyclic) bond motifs is 1. The lowest BCUT2D eigenvalue weighted by Crippen LogP contribution is -2.37. The number of carbonyl (C=O) groups is 1. The van der Waals surface area contributed by atoms with E-state index in [0.29, 0.717) is 17.7 Å². The lowest BCUT2D eigenvalue weighted by Gasteiger charge is -2.26. The van der Waals surface area contributed by atoms with Crippen molar-refractivity contribution in [2.75, 3.05) is 31.9 Å². The van der Waals surface area contributed by atoms with Crippen LogP contribution in [0, 0.1) is 11.8 Å². The third kappa shape index (κ3) is 3.93. The maximum absolute atomic E-state index is 12.2. The van der Waals surface area contributed by atoms with Crippen LogP contribution in [0.15, 0.2) is 18.3 Å². The average Bonchev–Trinajstić information content (AvgIpc) is 2.97. The van der Waals surface area contributed by atoms with E-state index in [0.717, 1.165) is 32.7 Å². The van der Waals surface area contributed by atoms with Crippen LogP contribution in [0.4, 0.5) is 10.6 Å². The van der Waals surface area contributed by atoms with E-state index in [1.54, 1.807) is 0 Å². The van der Waals surface area contributed by atoms with E-state index in [-0.39, 0.29) is 6.09 Å². The summed E-state index contributed by atoms with van der Waals surface area (Å²) in [4.78, 5) is 20.6. The van der Waals surface area contributed by atoms with E-state index in [1.165, 1.54) is 5.56 Å². The molecular formula is C17H26N4O2. The number of rotatable bonds is 2. The number of nitrogens with zero attached hydrogens (tertiary/aromatic N) is 3. The molecule has 0 spiro atoms. The molecule has 3 heterocycles. The summed E-state index contributed by atoms with van der Waals surface area (Å²) < 4.78 is 5.47. The lowest BCUT2D eigenvalue weighted by molar-refractivity contribution is 0.0274. The van der Waals surface area contributed by atoms with Crippen LogP contribution < -0.4 is 5.73 Å². The zero-order chi connectivity index (χ0) is 16.6. The monoisotopic (exact) mass is 318 g/mol. The van der Waals surface area contributed by atoms with Gasteiger partial charge in [-0.3, -0.25) is 4.90 Å². The number of pyridine rings is 1. The standard InChI is InChI=1S/C17H26N4O2/c1-17(2,3)23-16(22)21-10-13-8-20(9-14(13)11-21)7-12-4-5-15(18)19-6-12/h4-6,13-14H,7-11H2,1-3H3,(H2,18,19). The van der Waals surface area contributed by atoms with E-state index in [4.69, 9.17) is 10.5 Å². The van der Waals surface area contributed by atoms with Gasteiger partial charge in [0.2, 0.25) is 0 Å². The number of nitrogens with two attached hydrogens (primary N) is 1. The van der Waals surface area contributed by atoms with Gasteiger partial charge in [0.05, 0.1) is 0 Å². The Bertz CT molecular complexity index is 553. The summed E-state index contributed by atoms with van der Waals surface area (Å²) in [5.74, 6) is 1.65. The van der Waals surface area contributed by atoms with E-state index in [2.05, 4.69) is 9.88 Å². The third-order valence-electron chi connectivity index (χ3n) is 4.47. The molecule has 6 nitrogen and oxygen atoms in total. The zero-order valence-electron chi connectivity index (χ0n) is 14.2. The number of ether oxygens (including phenoxy) is 1. The van der Waals surface area contributed by atoms with Crippen molar-refractivity contribution in [1.82, 2.24) is 14.8 Å². The van der Waals surface area contributed by atoms with Crippen LogP contribution in [0.25, 0.3) is 0 Å². The Morgan fingerprint density at radius 1 is 1.26 bits per heavy atom. The molecule has 126 valence electrons. The van der Waals surface area contributed by atoms with E-state index in [1.807, 2.05) is 44.0 Å². The summed E-state index contributed by atoms with van der Waals surface area (Å²) in [5.41, 5.74) is 6.38. The minimum absolute atomic E-state index is 0.179. The van der Waals surface area contributed by atoms with Crippen molar-refractivity contribution in [3.8, 4) is 0 Å². The molecule has 2 fully saturated rings. The Labute approximate surface area is 137 Å². The Kier molecular flexibility index (Phi) is 4.19. The summed E-state index contributed by atoms with van der Waals surface area (Å²) in [6.45, 7) is 10.3. The molecule has 2 saturated heterocycles. The Balaban J connectivity index is 1.51. The summed E-state index contributed by atoms with van der Waals surface area (Å²) in [6, 6.07) is 3.87. The predicted octanol–water partition coefficient (Wildman–Crippen LogP) is 1.96. The summed E-state index contributed by atoms with van der Waals surface area (Å²) in [6.07, 6.45) is 1.66. The molecule has 3 rings (SSSR count). The van der Waals surface area contributed by atoms with E-state index in [9.17, 15) is 4.79 Å². The first kappa shape index (κ1) is 16.1.